The summed E-state index contributed by atoms with van der Waals surface area (Å²) in [6.07, 6.45) is 3.10. The topological polar surface area (TPSA) is 46.5 Å². The Balaban J connectivity index is 2.33. The zero-order valence-corrected chi connectivity index (χ0v) is 10.2. The highest BCUT2D eigenvalue weighted by Gasteiger charge is 2.04. The number of esters is 1. The third-order valence-electron chi connectivity index (χ3n) is 2.31. The average Bonchev–Trinajstić information content (AvgIpc) is 2.78. The Labute approximate surface area is 103 Å². The van der Waals surface area contributed by atoms with E-state index >= 15 is 0 Å². The Morgan fingerprint density at radius 1 is 1.47 bits per heavy atom. The van der Waals surface area contributed by atoms with Crippen molar-refractivity contribution in [3.63, 3.8) is 0 Å². The molecule has 1 heterocycles. The predicted molar refractivity (Wildman–Crippen MR) is 69.2 cm³/mol. The number of fused-ring (bicyclic) bond motifs is 1. The molecule has 0 radical (unpaired) electrons. The van der Waals surface area contributed by atoms with Crippen LogP contribution in [0.5, 0.6) is 5.75 Å². The summed E-state index contributed by atoms with van der Waals surface area (Å²) in [5.41, 5.74) is 0.904. The Morgan fingerprint density at radius 2 is 2.29 bits per heavy atom. The van der Waals surface area contributed by atoms with Gasteiger partial charge in [0.25, 0.3) is 0 Å². The minimum atomic E-state index is -0.356. The van der Waals surface area contributed by atoms with Gasteiger partial charge in [0.15, 0.2) is 0 Å². The van der Waals surface area contributed by atoms with Gasteiger partial charge in [-0.1, -0.05) is 0 Å². The van der Waals surface area contributed by atoms with Crippen LogP contribution in [-0.4, -0.2) is 17.7 Å². The second kappa shape index (κ2) is 5.01. The van der Waals surface area contributed by atoms with Crippen molar-refractivity contribution in [3.05, 3.63) is 35.2 Å². The van der Waals surface area contributed by atoms with Crippen LogP contribution in [-0.2, 0) is 9.53 Å². The van der Waals surface area contributed by atoms with Crippen LogP contribution in [0.15, 0.2) is 29.7 Å². The van der Waals surface area contributed by atoms with Crippen LogP contribution in [0.4, 0.5) is 0 Å². The number of phenolic OH excluding ortho intramolecular Hbond substituents is 1. The van der Waals surface area contributed by atoms with Crippen molar-refractivity contribution in [2.24, 2.45) is 0 Å². The summed E-state index contributed by atoms with van der Waals surface area (Å²) in [7, 11) is 0. The Hall–Kier alpha value is -1.81. The molecule has 1 aromatic carbocycles. The number of aromatic hydroxyl groups is 1. The summed E-state index contributed by atoms with van der Waals surface area (Å²) >= 11 is 1.53. The number of hydrogen-bond acceptors (Lipinski definition) is 4. The summed E-state index contributed by atoms with van der Waals surface area (Å²) in [5, 5.41) is 12.4. The molecule has 0 fully saturated rings. The SMILES string of the molecule is CCOC(=O)C=Cc1ccc(O)c2ccsc12. The molecule has 0 spiro atoms. The van der Waals surface area contributed by atoms with Crippen LogP contribution in [0.1, 0.15) is 12.5 Å². The second-order valence-electron chi connectivity index (χ2n) is 3.42. The van der Waals surface area contributed by atoms with E-state index in [1.807, 2.05) is 11.4 Å². The number of thiophene rings is 1. The number of phenols is 1. The number of rotatable bonds is 3. The van der Waals surface area contributed by atoms with Gasteiger partial charge in [0.05, 0.1) is 6.61 Å². The second-order valence-corrected chi connectivity index (χ2v) is 4.34. The van der Waals surface area contributed by atoms with Gasteiger partial charge in [-0.3, -0.25) is 0 Å². The van der Waals surface area contributed by atoms with Crippen molar-refractivity contribution in [2.75, 3.05) is 6.61 Å². The van der Waals surface area contributed by atoms with E-state index in [-0.39, 0.29) is 11.7 Å². The van der Waals surface area contributed by atoms with Gasteiger partial charge in [0.1, 0.15) is 5.75 Å². The van der Waals surface area contributed by atoms with Crippen LogP contribution in [0, 0.1) is 0 Å². The van der Waals surface area contributed by atoms with E-state index in [1.165, 1.54) is 17.4 Å². The molecule has 0 atom stereocenters. The highest BCUT2D eigenvalue weighted by Crippen LogP contribution is 2.32. The fraction of sp³-hybridized carbons (Fsp3) is 0.154. The number of hydrogen-bond donors (Lipinski definition) is 1. The molecule has 0 amide bonds. The first kappa shape index (κ1) is 11.7. The quantitative estimate of drug-likeness (QED) is 0.670. The van der Waals surface area contributed by atoms with Crippen molar-refractivity contribution < 1.29 is 14.6 Å². The zero-order chi connectivity index (χ0) is 12.3. The molecule has 0 saturated heterocycles. The molecule has 17 heavy (non-hydrogen) atoms. The van der Waals surface area contributed by atoms with Crippen LogP contribution in [0.2, 0.25) is 0 Å². The van der Waals surface area contributed by atoms with Crippen LogP contribution < -0.4 is 0 Å². The first-order valence-corrected chi connectivity index (χ1v) is 6.14. The molecule has 0 aliphatic heterocycles. The van der Waals surface area contributed by atoms with E-state index in [9.17, 15) is 9.90 Å². The Bertz CT molecular complexity index is 569. The summed E-state index contributed by atoms with van der Waals surface area (Å²) in [5.74, 6) is -0.0974. The minimum absolute atomic E-state index is 0.259. The van der Waals surface area contributed by atoms with E-state index < -0.39 is 0 Å². The lowest BCUT2D eigenvalue weighted by molar-refractivity contribution is -0.137. The molecule has 0 bridgehead atoms. The molecule has 0 unspecified atom stereocenters. The number of carbonyl (C=O) groups excluding carboxylic acids is 1. The zero-order valence-electron chi connectivity index (χ0n) is 9.34. The molecule has 3 nitrogen and oxygen atoms in total. The molecule has 1 N–H and O–H groups in total. The molecular formula is C13H12O3S. The van der Waals surface area contributed by atoms with Crippen LogP contribution in [0.25, 0.3) is 16.2 Å². The maximum Gasteiger partial charge on any atom is 0.330 e. The highest BCUT2D eigenvalue weighted by molar-refractivity contribution is 7.17. The van der Waals surface area contributed by atoms with E-state index in [1.54, 1.807) is 25.1 Å². The average molecular weight is 248 g/mol. The molecule has 0 aliphatic rings. The van der Waals surface area contributed by atoms with Gasteiger partial charge in [0.2, 0.25) is 0 Å². The maximum absolute atomic E-state index is 11.2. The first-order chi connectivity index (χ1) is 8.22. The minimum Gasteiger partial charge on any atom is -0.507 e. The van der Waals surface area contributed by atoms with E-state index in [2.05, 4.69) is 0 Å². The molecular weight excluding hydrogens is 236 g/mol. The third kappa shape index (κ3) is 2.47. The lowest BCUT2D eigenvalue weighted by Gasteiger charge is -1.99. The van der Waals surface area contributed by atoms with Crippen LogP contribution in [0.3, 0.4) is 0 Å². The largest absolute Gasteiger partial charge is 0.507 e. The van der Waals surface area contributed by atoms with Crippen molar-refractivity contribution >= 4 is 33.5 Å². The van der Waals surface area contributed by atoms with Crippen molar-refractivity contribution in [3.8, 4) is 5.75 Å². The lowest BCUT2D eigenvalue weighted by atomic mass is 10.1. The molecule has 0 aliphatic carbocycles. The smallest absolute Gasteiger partial charge is 0.330 e. The third-order valence-corrected chi connectivity index (χ3v) is 3.27. The van der Waals surface area contributed by atoms with Crippen molar-refractivity contribution in [1.29, 1.82) is 0 Å². The van der Waals surface area contributed by atoms with Crippen LogP contribution >= 0.6 is 11.3 Å². The van der Waals surface area contributed by atoms with Crippen molar-refractivity contribution in [2.45, 2.75) is 6.92 Å². The molecule has 4 heteroatoms. The fourth-order valence-electron chi connectivity index (χ4n) is 1.55. The van der Waals surface area contributed by atoms with Gasteiger partial charge >= 0.3 is 5.97 Å². The normalized spacial score (nSPS) is 11.1. The monoisotopic (exact) mass is 248 g/mol. The Morgan fingerprint density at radius 3 is 3.06 bits per heavy atom. The standard InChI is InChI=1S/C13H12O3S/c1-2-16-12(15)6-4-9-3-5-11(14)10-7-8-17-13(9)10/h3-8,14H,2H2,1H3. The summed E-state index contributed by atoms with van der Waals surface area (Å²) in [6, 6.07) is 5.26. The number of ether oxygens (including phenoxy) is 1. The van der Waals surface area contributed by atoms with Gasteiger partial charge < -0.3 is 9.84 Å². The lowest BCUT2D eigenvalue weighted by Crippen LogP contribution is -1.98. The summed E-state index contributed by atoms with van der Waals surface area (Å²) in [4.78, 5) is 11.2. The van der Waals surface area contributed by atoms with Gasteiger partial charge in [-0.15, -0.1) is 11.3 Å². The molecule has 2 aromatic rings. The van der Waals surface area contributed by atoms with Gasteiger partial charge in [-0.05, 0) is 42.1 Å². The van der Waals surface area contributed by atoms with Gasteiger partial charge in [-0.25, -0.2) is 4.79 Å². The highest BCUT2D eigenvalue weighted by atomic mass is 32.1. The first-order valence-electron chi connectivity index (χ1n) is 5.26. The van der Waals surface area contributed by atoms with Crippen molar-refractivity contribution in [1.82, 2.24) is 0 Å². The molecule has 1 aromatic heterocycles. The number of carbonyl (C=O) groups is 1. The molecule has 0 saturated carbocycles. The van der Waals surface area contributed by atoms with Gasteiger partial charge in [0, 0.05) is 16.2 Å². The summed E-state index contributed by atoms with van der Waals surface area (Å²) in [6.45, 7) is 2.14. The van der Waals surface area contributed by atoms with E-state index in [4.69, 9.17) is 4.74 Å². The molecule has 88 valence electrons. The van der Waals surface area contributed by atoms with Gasteiger partial charge in [-0.2, -0.15) is 0 Å². The van der Waals surface area contributed by atoms with E-state index in [0.29, 0.717) is 6.61 Å². The number of benzene rings is 1. The Kier molecular flexibility index (Phi) is 3.44. The fourth-order valence-corrected chi connectivity index (χ4v) is 2.46. The molecule has 2 rings (SSSR count). The maximum atomic E-state index is 11.2. The summed E-state index contributed by atoms with van der Waals surface area (Å²) < 4.78 is 5.77. The predicted octanol–water partition coefficient (Wildman–Crippen LogP) is 3.18. The van der Waals surface area contributed by atoms with E-state index in [0.717, 1.165) is 15.6 Å².